The first-order chi connectivity index (χ1) is 10.4. The maximum absolute atomic E-state index is 12.0. The molecule has 2 rings (SSSR count). The molecule has 1 aliphatic heterocycles. The van der Waals surface area contributed by atoms with Crippen LogP contribution < -0.4 is 10.5 Å². The van der Waals surface area contributed by atoms with Gasteiger partial charge in [0.2, 0.25) is 10.0 Å². The fraction of sp³-hybridized carbons (Fsp3) is 0.500. The molecule has 0 spiro atoms. The number of primary sulfonamides is 1. The van der Waals surface area contributed by atoms with E-state index in [2.05, 4.69) is 5.32 Å². The molecule has 0 aliphatic carbocycles. The summed E-state index contributed by atoms with van der Waals surface area (Å²) in [7, 11) is -1.83. The predicted octanol–water partition coefficient (Wildman–Crippen LogP) is 1.02. The van der Waals surface area contributed by atoms with E-state index in [-0.39, 0.29) is 10.9 Å². The average molecular weight is 343 g/mol. The predicted molar refractivity (Wildman–Crippen MR) is 88.4 cm³/mol. The van der Waals surface area contributed by atoms with Crippen LogP contribution in [0.3, 0.4) is 0 Å². The Morgan fingerprint density at radius 1 is 1.41 bits per heavy atom. The molecule has 1 atom stereocenters. The Morgan fingerprint density at radius 3 is 2.64 bits per heavy atom. The number of nitrogens with two attached hydrogens (primary N) is 1. The van der Waals surface area contributed by atoms with Gasteiger partial charge < -0.3 is 10.2 Å². The Bertz CT molecular complexity index is 611. The van der Waals surface area contributed by atoms with E-state index < -0.39 is 10.0 Å². The van der Waals surface area contributed by atoms with Gasteiger partial charge in [0.15, 0.2) is 0 Å². The number of rotatable bonds is 5. The smallest absolute Gasteiger partial charge is 0.317 e. The van der Waals surface area contributed by atoms with E-state index in [9.17, 15) is 13.2 Å². The van der Waals surface area contributed by atoms with Crippen molar-refractivity contribution in [2.75, 3.05) is 25.1 Å². The van der Waals surface area contributed by atoms with Crippen molar-refractivity contribution in [1.29, 1.82) is 0 Å². The number of hydrogen-bond donors (Lipinski definition) is 2. The molecule has 3 N–H and O–H groups in total. The normalized spacial score (nSPS) is 18.2. The highest BCUT2D eigenvalue weighted by molar-refractivity contribution is 7.99. The Kier molecular flexibility index (Phi) is 5.71. The number of urea groups is 1. The molecule has 0 bridgehead atoms. The molecule has 0 saturated carbocycles. The average Bonchev–Trinajstić information content (AvgIpc) is 3.00. The first-order valence-corrected chi connectivity index (χ1v) is 9.78. The molecule has 0 radical (unpaired) electrons. The summed E-state index contributed by atoms with van der Waals surface area (Å²) in [5.41, 5.74) is 0.951. The number of nitrogens with zero attached hydrogens (tertiary/aromatic N) is 1. The van der Waals surface area contributed by atoms with E-state index in [0.29, 0.717) is 19.0 Å². The molecule has 22 heavy (non-hydrogen) atoms. The Balaban J connectivity index is 1.79. The Labute approximate surface area is 135 Å². The summed E-state index contributed by atoms with van der Waals surface area (Å²) in [4.78, 5) is 13.9. The van der Waals surface area contributed by atoms with Crippen molar-refractivity contribution >= 4 is 27.8 Å². The molecule has 1 unspecified atom stereocenters. The summed E-state index contributed by atoms with van der Waals surface area (Å²) >= 11 is 1.87. The van der Waals surface area contributed by atoms with Crippen LogP contribution in [-0.4, -0.2) is 50.5 Å². The largest absolute Gasteiger partial charge is 0.338 e. The molecule has 1 saturated heterocycles. The van der Waals surface area contributed by atoms with E-state index in [4.69, 9.17) is 5.14 Å². The van der Waals surface area contributed by atoms with Gasteiger partial charge in [0, 0.05) is 25.4 Å². The number of carbonyl (C=O) groups is 1. The lowest BCUT2D eigenvalue weighted by Gasteiger charge is -2.24. The summed E-state index contributed by atoms with van der Waals surface area (Å²) < 4.78 is 22.3. The lowest BCUT2D eigenvalue weighted by molar-refractivity contribution is 0.195. The Morgan fingerprint density at radius 2 is 2.09 bits per heavy atom. The standard InChI is InChI=1S/C14H21N3O3S2/c1-17(12-7-9-21-10-12)14(18)16-8-6-11-2-4-13(5-3-11)22(15,19)20/h2-5,12H,6-10H2,1H3,(H,16,18)(H2,15,19,20). The van der Waals surface area contributed by atoms with Crippen LogP contribution in [0.15, 0.2) is 29.2 Å². The lowest BCUT2D eigenvalue weighted by atomic mass is 10.1. The van der Waals surface area contributed by atoms with Gasteiger partial charge in [-0.15, -0.1) is 0 Å². The maximum atomic E-state index is 12.0. The van der Waals surface area contributed by atoms with Crippen molar-refractivity contribution in [2.24, 2.45) is 5.14 Å². The van der Waals surface area contributed by atoms with Crippen molar-refractivity contribution in [2.45, 2.75) is 23.8 Å². The number of carbonyl (C=O) groups excluding carboxylic acids is 1. The third-order valence-corrected chi connectivity index (χ3v) is 5.79. The molecule has 1 fully saturated rings. The van der Waals surface area contributed by atoms with Crippen LogP contribution in [0, 0.1) is 0 Å². The number of benzene rings is 1. The zero-order chi connectivity index (χ0) is 16.2. The van der Waals surface area contributed by atoms with E-state index in [1.54, 1.807) is 17.0 Å². The van der Waals surface area contributed by atoms with Crippen LogP contribution >= 0.6 is 11.8 Å². The summed E-state index contributed by atoms with van der Waals surface area (Å²) in [6, 6.07) is 6.64. The van der Waals surface area contributed by atoms with Gasteiger partial charge in [-0.25, -0.2) is 18.4 Å². The lowest BCUT2D eigenvalue weighted by Crippen LogP contribution is -2.44. The number of nitrogens with one attached hydrogen (secondary N) is 1. The minimum Gasteiger partial charge on any atom is -0.338 e. The number of thioether (sulfide) groups is 1. The van der Waals surface area contributed by atoms with Gasteiger partial charge in [0.25, 0.3) is 0 Å². The van der Waals surface area contributed by atoms with Crippen LogP contribution in [0.5, 0.6) is 0 Å². The maximum Gasteiger partial charge on any atom is 0.317 e. The van der Waals surface area contributed by atoms with Gasteiger partial charge in [0.05, 0.1) is 4.90 Å². The van der Waals surface area contributed by atoms with Crippen molar-refractivity contribution < 1.29 is 13.2 Å². The van der Waals surface area contributed by atoms with Crippen molar-refractivity contribution in [1.82, 2.24) is 10.2 Å². The van der Waals surface area contributed by atoms with E-state index >= 15 is 0 Å². The first-order valence-electron chi connectivity index (χ1n) is 7.08. The molecule has 8 heteroatoms. The molecule has 1 aromatic rings. The monoisotopic (exact) mass is 343 g/mol. The second-order valence-electron chi connectivity index (χ2n) is 5.30. The molecule has 1 aliphatic rings. The Hall–Kier alpha value is -1.25. The van der Waals surface area contributed by atoms with Crippen LogP contribution in [0.2, 0.25) is 0 Å². The van der Waals surface area contributed by atoms with Crippen LogP contribution in [0.4, 0.5) is 4.79 Å². The summed E-state index contributed by atoms with van der Waals surface area (Å²) in [5.74, 6) is 2.11. The third kappa shape index (κ3) is 4.62. The van der Waals surface area contributed by atoms with Crippen LogP contribution in [0.25, 0.3) is 0 Å². The highest BCUT2D eigenvalue weighted by Crippen LogP contribution is 2.21. The minimum atomic E-state index is -3.65. The van der Waals surface area contributed by atoms with Crippen LogP contribution in [0.1, 0.15) is 12.0 Å². The molecule has 6 nitrogen and oxygen atoms in total. The van der Waals surface area contributed by atoms with Gasteiger partial charge >= 0.3 is 6.03 Å². The quantitative estimate of drug-likeness (QED) is 0.835. The molecular formula is C14H21N3O3S2. The van der Waals surface area contributed by atoms with Crippen molar-refractivity contribution in [3.63, 3.8) is 0 Å². The first kappa shape index (κ1) is 17.1. The van der Waals surface area contributed by atoms with Crippen LogP contribution in [-0.2, 0) is 16.4 Å². The number of sulfonamides is 1. The molecule has 1 aromatic carbocycles. The molecule has 1 heterocycles. The van der Waals surface area contributed by atoms with Gasteiger partial charge in [-0.3, -0.25) is 0 Å². The summed E-state index contributed by atoms with van der Waals surface area (Å²) in [6.45, 7) is 0.512. The second-order valence-corrected chi connectivity index (χ2v) is 8.01. The van der Waals surface area contributed by atoms with Crippen molar-refractivity contribution in [3.05, 3.63) is 29.8 Å². The van der Waals surface area contributed by atoms with Gasteiger partial charge in [-0.1, -0.05) is 12.1 Å². The van der Waals surface area contributed by atoms with Gasteiger partial charge in [-0.2, -0.15) is 11.8 Å². The SMILES string of the molecule is CN(C(=O)NCCc1ccc(S(N)(=O)=O)cc1)C1CCSC1. The van der Waals surface area contributed by atoms with Gasteiger partial charge in [-0.05, 0) is 36.3 Å². The third-order valence-electron chi connectivity index (χ3n) is 3.72. The summed E-state index contributed by atoms with van der Waals surface area (Å²) in [5, 5.41) is 7.94. The van der Waals surface area contributed by atoms with E-state index in [1.165, 1.54) is 12.1 Å². The van der Waals surface area contributed by atoms with Crippen molar-refractivity contribution in [3.8, 4) is 0 Å². The number of hydrogen-bond acceptors (Lipinski definition) is 4. The van der Waals surface area contributed by atoms with E-state index in [1.807, 2.05) is 18.8 Å². The summed E-state index contributed by atoms with van der Waals surface area (Å²) in [6.07, 6.45) is 1.69. The number of amides is 2. The molecule has 0 aromatic heterocycles. The highest BCUT2D eigenvalue weighted by Gasteiger charge is 2.23. The molecule has 122 valence electrons. The molecule has 2 amide bonds. The fourth-order valence-corrected chi connectivity index (χ4v) is 4.06. The fourth-order valence-electron chi connectivity index (χ4n) is 2.28. The van der Waals surface area contributed by atoms with E-state index in [0.717, 1.165) is 23.5 Å². The topological polar surface area (TPSA) is 92.5 Å². The highest BCUT2D eigenvalue weighted by atomic mass is 32.2. The second kappa shape index (κ2) is 7.34. The van der Waals surface area contributed by atoms with Gasteiger partial charge in [0.1, 0.15) is 0 Å². The molecular weight excluding hydrogens is 322 g/mol. The minimum absolute atomic E-state index is 0.0614. The zero-order valence-electron chi connectivity index (χ0n) is 12.5. The zero-order valence-corrected chi connectivity index (χ0v) is 14.1.